The predicted molar refractivity (Wildman–Crippen MR) is 162 cm³/mol. The fourth-order valence-corrected chi connectivity index (χ4v) is 6.85. The van der Waals surface area contributed by atoms with Crippen LogP contribution in [-0.4, -0.2) is 45.7 Å². The number of benzene rings is 3. The molecule has 6 rings (SSSR count). The highest BCUT2D eigenvalue weighted by Crippen LogP contribution is 2.50. The van der Waals surface area contributed by atoms with Gasteiger partial charge in [0.05, 0.1) is 27.7 Å². The number of carbonyl (C=O) groups is 1. The average Bonchev–Trinajstić information content (AvgIpc) is 3.88. The van der Waals surface area contributed by atoms with Crippen molar-refractivity contribution in [2.75, 3.05) is 35.1 Å². The fraction of sp³-hybridized carbons (Fsp3) is 0.345. The molecule has 3 aliphatic rings. The first-order valence-corrected chi connectivity index (χ1v) is 15.7. The summed E-state index contributed by atoms with van der Waals surface area (Å²) in [6.45, 7) is 2.06. The molecule has 2 spiro atoms. The van der Waals surface area contributed by atoms with Gasteiger partial charge in [-0.2, -0.15) is 0 Å². The number of sulfonamides is 1. The number of carbonyl (C=O) groups excluding carboxylic acids is 1. The molecule has 0 atom stereocenters. The number of anilines is 3. The molecule has 0 radical (unpaired) electrons. The number of amides is 2. The van der Waals surface area contributed by atoms with E-state index in [4.69, 9.17) is 27.9 Å². The highest BCUT2D eigenvalue weighted by molar-refractivity contribution is 7.92. The van der Waals surface area contributed by atoms with Crippen LogP contribution in [0.3, 0.4) is 0 Å². The van der Waals surface area contributed by atoms with Crippen LogP contribution in [0.25, 0.3) is 0 Å². The Labute approximate surface area is 249 Å². The van der Waals surface area contributed by atoms with Gasteiger partial charge >= 0.3 is 6.03 Å². The van der Waals surface area contributed by atoms with Crippen LogP contribution < -0.4 is 30.3 Å². The lowest BCUT2D eigenvalue weighted by molar-refractivity contribution is 0.251. The van der Waals surface area contributed by atoms with E-state index in [0.717, 1.165) is 18.8 Å². The van der Waals surface area contributed by atoms with Gasteiger partial charge < -0.3 is 25.6 Å². The Hall–Kier alpha value is -3.18. The number of methoxy groups -OCH3 is 1. The number of hydrogen-bond acceptors (Lipinski definition) is 6. The molecule has 0 unspecified atom stereocenters. The van der Waals surface area contributed by atoms with Gasteiger partial charge in [0.15, 0.2) is 0 Å². The summed E-state index contributed by atoms with van der Waals surface area (Å²) in [6.07, 6.45) is 4.77. The van der Waals surface area contributed by atoms with Gasteiger partial charge in [0.25, 0.3) is 10.0 Å². The molecule has 0 aromatic heterocycles. The Kier molecular flexibility index (Phi) is 7.22. The fourth-order valence-electron chi connectivity index (χ4n) is 5.40. The van der Waals surface area contributed by atoms with Crippen LogP contribution in [0.2, 0.25) is 10.0 Å². The molecule has 3 aromatic carbocycles. The number of halogens is 2. The summed E-state index contributed by atoms with van der Waals surface area (Å²) in [5, 5.41) is 10.0. The molecule has 1 saturated heterocycles. The van der Waals surface area contributed by atoms with Crippen molar-refractivity contribution >= 4 is 56.3 Å². The summed E-state index contributed by atoms with van der Waals surface area (Å²) in [5.41, 5.74) is 2.92. The second-order valence-electron chi connectivity index (χ2n) is 11.1. The number of nitrogens with one attached hydrogen (secondary N) is 4. The van der Waals surface area contributed by atoms with E-state index in [9.17, 15) is 13.2 Å². The van der Waals surface area contributed by atoms with E-state index in [2.05, 4.69) is 25.6 Å². The minimum Gasteiger partial charge on any atom is -0.494 e. The van der Waals surface area contributed by atoms with Gasteiger partial charge in [0.2, 0.25) is 0 Å². The molecule has 2 aliphatic carbocycles. The van der Waals surface area contributed by atoms with E-state index in [0.29, 0.717) is 32.7 Å². The van der Waals surface area contributed by atoms with Crippen LogP contribution >= 0.6 is 23.2 Å². The highest BCUT2D eigenvalue weighted by atomic mass is 35.5. The number of piperazine rings is 1. The molecule has 2 amide bonds. The smallest absolute Gasteiger partial charge is 0.319 e. The van der Waals surface area contributed by atoms with Crippen LogP contribution in [0, 0.1) is 0 Å². The lowest BCUT2D eigenvalue weighted by atomic mass is 10.1. The largest absolute Gasteiger partial charge is 0.494 e. The topological polar surface area (TPSA) is 112 Å². The van der Waals surface area contributed by atoms with Crippen molar-refractivity contribution in [2.45, 2.75) is 48.2 Å². The van der Waals surface area contributed by atoms with E-state index in [1.54, 1.807) is 24.3 Å². The summed E-state index contributed by atoms with van der Waals surface area (Å²) in [7, 11) is -2.38. The quantitative estimate of drug-likeness (QED) is 0.262. The van der Waals surface area contributed by atoms with Gasteiger partial charge in [0.1, 0.15) is 5.75 Å². The zero-order chi connectivity index (χ0) is 28.8. The lowest BCUT2D eigenvalue weighted by Gasteiger charge is -2.41. The molecular weight excluding hydrogens is 585 g/mol. The zero-order valence-corrected chi connectivity index (χ0v) is 24.8. The molecule has 216 valence electrons. The number of urea groups is 1. The normalized spacial score (nSPS) is 18.2. The third kappa shape index (κ3) is 6.06. The van der Waals surface area contributed by atoms with E-state index in [1.807, 2.05) is 12.1 Å². The number of nitrogens with zero attached hydrogens (tertiary/aromatic N) is 1. The molecule has 0 bridgehead atoms. The first-order valence-electron chi connectivity index (χ1n) is 13.4. The summed E-state index contributed by atoms with van der Waals surface area (Å²) in [4.78, 5) is 14.8. The van der Waals surface area contributed by atoms with Crippen molar-refractivity contribution in [2.24, 2.45) is 0 Å². The lowest BCUT2D eigenvalue weighted by Crippen LogP contribution is -2.60. The van der Waals surface area contributed by atoms with Gasteiger partial charge in [-0.3, -0.25) is 4.72 Å². The van der Waals surface area contributed by atoms with Crippen LogP contribution in [0.5, 0.6) is 5.75 Å². The van der Waals surface area contributed by atoms with Gasteiger partial charge in [-0.25, -0.2) is 13.2 Å². The summed E-state index contributed by atoms with van der Waals surface area (Å²) < 4.78 is 34.6. The van der Waals surface area contributed by atoms with Crippen molar-refractivity contribution < 1.29 is 17.9 Å². The zero-order valence-electron chi connectivity index (χ0n) is 22.5. The maximum absolute atomic E-state index is 13.2. The molecule has 1 heterocycles. The maximum Gasteiger partial charge on any atom is 0.319 e. The number of hydrogen-bond donors (Lipinski definition) is 4. The predicted octanol–water partition coefficient (Wildman–Crippen LogP) is 5.60. The number of rotatable bonds is 8. The molecule has 9 nitrogen and oxygen atoms in total. The average molecular weight is 617 g/mol. The maximum atomic E-state index is 13.2. The van der Waals surface area contributed by atoms with Crippen LogP contribution in [-0.2, 0) is 16.6 Å². The molecule has 3 fully saturated rings. The number of ether oxygens (including phenoxy) is 1. The standard InChI is InChI=1S/C29H31Cl2N5O4S/c1-40-25-15-21(36-17-28(11-12-28)35-29(18-36)13-14-29)7-10-24(25)34-41(38,39)22-8-5-20(6-9-22)33-27(37)32-16-19-3-2-4-23(30)26(19)31/h2-10,15,34-35H,11-14,16-18H2,1H3,(H2,32,33,37). The van der Waals surface area contributed by atoms with E-state index < -0.39 is 16.1 Å². The Balaban J connectivity index is 1.09. The molecule has 2 saturated carbocycles. The molecule has 3 aromatic rings. The van der Waals surface area contributed by atoms with Crippen molar-refractivity contribution in [3.05, 3.63) is 76.3 Å². The third-order valence-electron chi connectivity index (χ3n) is 7.91. The Bertz CT molecular complexity index is 1570. The van der Waals surface area contributed by atoms with Crippen LogP contribution in [0.15, 0.2) is 65.6 Å². The van der Waals surface area contributed by atoms with Gasteiger partial charge in [-0.1, -0.05) is 35.3 Å². The van der Waals surface area contributed by atoms with Gasteiger partial charge in [-0.15, -0.1) is 0 Å². The SMILES string of the molecule is COc1cc(N2CC3(CC3)NC3(CC3)C2)ccc1NS(=O)(=O)c1ccc(NC(=O)NCc2cccc(Cl)c2Cl)cc1. The molecule has 41 heavy (non-hydrogen) atoms. The molecule has 4 N–H and O–H groups in total. The highest BCUT2D eigenvalue weighted by Gasteiger charge is 2.58. The van der Waals surface area contributed by atoms with Crippen molar-refractivity contribution in [3.63, 3.8) is 0 Å². The second-order valence-corrected chi connectivity index (χ2v) is 13.5. The Morgan fingerprint density at radius 1 is 1.00 bits per heavy atom. The summed E-state index contributed by atoms with van der Waals surface area (Å²) in [5.74, 6) is 0.453. The van der Waals surface area contributed by atoms with Gasteiger partial charge in [-0.05, 0) is 73.7 Å². The second kappa shape index (κ2) is 10.6. The Morgan fingerprint density at radius 2 is 1.68 bits per heavy atom. The minimum absolute atomic E-state index is 0.0498. The van der Waals surface area contributed by atoms with Crippen molar-refractivity contribution in [1.82, 2.24) is 10.6 Å². The van der Waals surface area contributed by atoms with Crippen LogP contribution in [0.4, 0.5) is 21.9 Å². The van der Waals surface area contributed by atoms with E-state index in [-0.39, 0.29) is 22.5 Å². The Morgan fingerprint density at radius 3 is 2.32 bits per heavy atom. The third-order valence-corrected chi connectivity index (χ3v) is 10.2. The monoisotopic (exact) mass is 615 g/mol. The van der Waals surface area contributed by atoms with E-state index in [1.165, 1.54) is 57.1 Å². The molecular formula is C29H31Cl2N5O4S. The minimum atomic E-state index is -3.91. The van der Waals surface area contributed by atoms with Gasteiger partial charge in [0, 0.05) is 48.2 Å². The first kappa shape index (κ1) is 28.0. The first-order chi connectivity index (χ1) is 19.6. The van der Waals surface area contributed by atoms with E-state index >= 15 is 0 Å². The molecule has 1 aliphatic heterocycles. The summed E-state index contributed by atoms with van der Waals surface area (Å²) in [6, 6.07) is 16.2. The molecule has 12 heteroatoms. The van der Waals surface area contributed by atoms with Crippen LogP contribution in [0.1, 0.15) is 31.2 Å². The van der Waals surface area contributed by atoms with Crippen molar-refractivity contribution in [3.8, 4) is 5.75 Å². The van der Waals surface area contributed by atoms with Crippen molar-refractivity contribution in [1.29, 1.82) is 0 Å². The summed E-state index contributed by atoms with van der Waals surface area (Å²) >= 11 is 12.2.